The Balaban J connectivity index is 2.04. The van der Waals surface area contributed by atoms with E-state index < -0.39 is 0 Å². The van der Waals surface area contributed by atoms with Gasteiger partial charge in [0, 0.05) is 38.8 Å². The lowest BCUT2D eigenvalue weighted by atomic mass is 9.92. The van der Waals surface area contributed by atoms with Crippen LogP contribution in [-0.2, 0) is 9.53 Å². The van der Waals surface area contributed by atoms with E-state index in [-0.39, 0.29) is 37.0 Å². The third kappa shape index (κ3) is 4.24. The maximum absolute atomic E-state index is 12.7. The summed E-state index contributed by atoms with van der Waals surface area (Å²) in [6.45, 7) is 0.767. The van der Waals surface area contributed by atoms with Gasteiger partial charge in [-0.1, -0.05) is 12.1 Å². The molecule has 0 bridgehead atoms. The van der Waals surface area contributed by atoms with Crippen molar-refractivity contribution in [2.24, 2.45) is 5.92 Å². The van der Waals surface area contributed by atoms with E-state index in [0.29, 0.717) is 30.8 Å². The molecule has 7 heteroatoms. The Hall–Kier alpha value is -2.12. The molecule has 7 nitrogen and oxygen atoms in total. The molecule has 0 unspecified atom stereocenters. The van der Waals surface area contributed by atoms with Crippen LogP contribution in [0.5, 0.6) is 5.75 Å². The number of nitrogens with zero attached hydrogens (tertiary/aromatic N) is 1. The fourth-order valence-corrected chi connectivity index (χ4v) is 2.96. The van der Waals surface area contributed by atoms with E-state index in [9.17, 15) is 14.7 Å². The summed E-state index contributed by atoms with van der Waals surface area (Å²) >= 11 is 0. The molecule has 0 aliphatic carbocycles. The lowest BCUT2D eigenvalue weighted by Crippen LogP contribution is -2.54. The van der Waals surface area contributed by atoms with Gasteiger partial charge in [-0.25, -0.2) is 0 Å². The zero-order valence-electron chi connectivity index (χ0n) is 14.0. The number of rotatable bonds is 6. The first-order chi connectivity index (χ1) is 11.6. The van der Waals surface area contributed by atoms with Crippen molar-refractivity contribution in [3.05, 3.63) is 29.8 Å². The van der Waals surface area contributed by atoms with Gasteiger partial charge in [-0.3, -0.25) is 9.59 Å². The molecule has 2 amide bonds. The smallest absolute Gasteiger partial charge is 0.257 e. The summed E-state index contributed by atoms with van der Waals surface area (Å²) in [5.74, 6) is -0.0326. The highest BCUT2D eigenvalue weighted by Crippen LogP contribution is 2.23. The Morgan fingerprint density at radius 1 is 1.33 bits per heavy atom. The third-order valence-corrected chi connectivity index (χ3v) is 4.21. The number of hydrogen-bond donors (Lipinski definition) is 2. The summed E-state index contributed by atoms with van der Waals surface area (Å²) in [6.07, 6.45) is 0.585. The molecule has 1 aromatic rings. The van der Waals surface area contributed by atoms with E-state index in [1.165, 1.54) is 14.2 Å². The molecule has 0 radical (unpaired) electrons. The zero-order chi connectivity index (χ0) is 17.5. The molecule has 2 rings (SSSR count). The summed E-state index contributed by atoms with van der Waals surface area (Å²) < 4.78 is 10.0. The van der Waals surface area contributed by atoms with E-state index in [4.69, 9.17) is 9.47 Å². The van der Waals surface area contributed by atoms with Crippen LogP contribution in [0.2, 0.25) is 0 Å². The summed E-state index contributed by atoms with van der Waals surface area (Å²) in [7, 11) is 2.98. The van der Waals surface area contributed by atoms with E-state index >= 15 is 0 Å². The Labute approximate surface area is 141 Å². The number of para-hydroxylation sites is 1. The fraction of sp³-hybridized carbons (Fsp3) is 0.529. The van der Waals surface area contributed by atoms with Crippen molar-refractivity contribution in [2.45, 2.75) is 12.5 Å². The SMILES string of the molecule is COCC(=O)N[C@@H]1CCN(C(=O)c2ccccc2OC)C[C@@H]1CO. The average Bonchev–Trinajstić information content (AvgIpc) is 2.61. The Morgan fingerprint density at radius 2 is 2.08 bits per heavy atom. The van der Waals surface area contributed by atoms with Crippen LogP contribution in [0.15, 0.2) is 24.3 Å². The molecule has 1 aromatic carbocycles. The van der Waals surface area contributed by atoms with Crippen molar-refractivity contribution >= 4 is 11.8 Å². The molecule has 24 heavy (non-hydrogen) atoms. The lowest BCUT2D eigenvalue weighted by molar-refractivity contribution is -0.126. The van der Waals surface area contributed by atoms with Crippen molar-refractivity contribution < 1.29 is 24.2 Å². The van der Waals surface area contributed by atoms with Crippen LogP contribution in [-0.4, -0.2) is 68.4 Å². The van der Waals surface area contributed by atoms with Gasteiger partial charge in [-0.15, -0.1) is 0 Å². The van der Waals surface area contributed by atoms with Crippen LogP contribution < -0.4 is 10.1 Å². The number of likely N-dealkylation sites (tertiary alicyclic amines) is 1. The second-order valence-electron chi connectivity index (χ2n) is 5.79. The average molecular weight is 336 g/mol. The zero-order valence-corrected chi connectivity index (χ0v) is 14.0. The van der Waals surface area contributed by atoms with Crippen LogP contribution in [0.1, 0.15) is 16.8 Å². The molecule has 0 spiro atoms. The molecule has 1 aliphatic rings. The summed E-state index contributed by atoms with van der Waals surface area (Å²) in [4.78, 5) is 26.1. The van der Waals surface area contributed by atoms with Gasteiger partial charge in [-0.05, 0) is 18.6 Å². The summed E-state index contributed by atoms with van der Waals surface area (Å²) in [5, 5.41) is 12.5. The number of methoxy groups -OCH3 is 2. The van der Waals surface area contributed by atoms with Gasteiger partial charge in [-0.2, -0.15) is 0 Å². The number of aliphatic hydroxyl groups is 1. The van der Waals surface area contributed by atoms with Gasteiger partial charge in [0.15, 0.2) is 0 Å². The van der Waals surface area contributed by atoms with Crippen LogP contribution in [0.4, 0.5) is 0 Å². The molecular weight excluding hydrogens is 312 g/mol. The monoisotopic (exact) mass is 336 g/mol. The lowest BCUT2D eigenvalue weighted by Gasteiger charge is -2.38. The topological polar surface area (TPSA) is 88.1 Å². The van der Waals surface area contributed by atoms with E-state index in [1.54, 1.807) is 23.1 Å². The molecule has 1 heterocycles. The van der Waals surface area contributed by atoms with E-state index in [2.05, 4.69) is 5.32 Å². The minimum atomic E-state index is -0.217. The normalized spacial score (nSPS) is 20.5. The van der Waals surface area contributed by atoms with Gasteiger partial charge in [0.05, 0.1) is 12.7 Å². The van der Waals surface area contributed by atoms with Crippen molar-refractivity contribution in [2.75, 3.05) is 40.5 Å². The maximum Gasteiger partial charge on any atom is 0.257 e. The Morgan fingerprint density at radius 3 is 2.75 bits per heavy atom. The number of amides is 2. The number of hydrogen-bond acceptors (Lipinski definition) is 5. The number of carbonyl (C=O) groups is 2. The minimum absolute atomic E-state index is 0.0154. The van der Waals surface area contributed by atoms with E-state index in [0.717, 1.165) is 0 Å². The van der Waals surface area contributed by atoms with Gasteiger partial charge >= 0.3 is 0 Å². The maximum atomic E-state index is 12.7. The molecule has 1 saturated heterocycles. The first kappa shape index (κ1) is 18.2. The molecule has 132 valence electrons. The van der Waals surface area contributed by atoms with Gasteiger partial charge in [0.25, 0.3) is 5.91 Å². The highest BCUT2D eigenvalue weighted by Gasteiger charge is 2.33. The molecule has 1 fully saturated rings. The number of benzene rings is 1. The number of aliphatic hydroxyl groups excluding tert-OH is 1. The quantitative estimate of drug-likeness (QED) is 0.779. The number of carbonyl (C=O) groups excluding carboxylic acids is 2. The summed E-state index contributed by atoms with van der Waals surface area (Å²) in [5.41, 5.74) is 0.499. The van der Waals surface area contributed by atoms with Crippen molar-refractivity contribution in [1.82, 2.24) is 10.2 Å². The first-order valence-corrected chi connectivity index (χ1v) is 7.92. The van der Waals surface area contributed by atoms with Crippen LogP contribution in [0.25, 0.3) is 0 Å². The molecular formula is C17H24N2O5. The molecule has 0 saturated carbocycles. The number of ether oxygens (including phenoxy) is 2. The fourth-order valence-electron chi connectivity index (χ4n) is 2.96. The molecule has 2 N–H and O–H groups in total. The third-order valence-electron chi connectivity index (χ3n) is 4.21. The highest BCUT2D eigenvalue weighted by atomic mass is 16.5. The van der Waals surface area contributed by atoms with Crippen molar-refractivity contribution in [3.8, 4) is 5.75 Å². The molecule has 1 aliphatic heterocycles. The first-order valence-electron chi connectivity index (χ1n) is 7.92. The minimum Gasteiger partial charge on any atom is -0.496 e. The van der Waals surface area contributed by atoms with Crippen molar-refractivity contribution in [3.63, 3.8) is 0 Å². The number of piperidine rings is 1. The van der Waals surface area contributed by atoms with Crippen LogP contribution in [0, 0.1) is 5.92 Å². The molecule has 2 atom stereocenters. The predicted molar refractivity (Wildman–Crippen MR) is 87.9 cm³/mol. The number of nitrogens with one attached hydrogen (secondary N) is 1. The largest absolute Gasteiger partial charge is 0.496 e. The highest BCUT2D eigenvalue weighted by molar-refractivity contribution is 5.97. The van der Waals surface area contributed by atoms with E-state index in [1.807, 2.05) is 6.07 Å². The van der Waals surface area contributed by atoms with Gasteiger partial charge in [0.1, 0.15) is 12.4 Å². The van der Waals surface area contributed by atoms with Crippen LogP contribution >= 0.6 is 0 Å². The molecule has 0 aromatic heterocycles. The van der Waals surface area contributed by atoms with Gasteiger partial charge < -0.3 is 24.8 Å². The standard InChI is InChI=1S/C17H24N2O5/c1-23-11-16(21)18-14-7-8-19(9-12(14)10-20)17(22)13-5-3-4-6-15(13)24-2/h3-6,12,14,20H,7-11H2,1-2H3,(H,18,21)/t12-,14-/m1/s1. The van der Waals surface area contributed by atoms with Crippen LogP contribution in [0.3, 0.4) is 0 Å². The Bertz CT molecular complexity index is 578. The summed E-state index contributed by atoms with van der Waals surface area (Å²) in [6, 6.07) is 6.90. The van der Waals surface area contributed by atoms with Crippen molar-refractivity contribution in [1.29, 1.82) is 0 Å². The Kier molecular flexibility index (Phi) is 6.57. The predicted octanol–water partition coefficient (Wildman–Crippen LogP) is 0.281. The second-order valence-corrected chi connectivity index (χ2v) is 5.79. The second kappa shape index (κ2) is 8.65. The van der Waals surface area contributed by atoms with Gasteiger partial charge in [0.2, 0.25) is 5.91 Å².